The van der Waals surface area contributed by atoms with Gasteiger partial charge in [-0.05, 0) is 69.0 Å². The molecule has 1 aromatic heterocycles. The summed E-state index contributed by atoms with van der Waals surface area (Å²) in [4.78, 5) is 30.5. The lowest BCUT2D eigenvalue weighted by molar-refractivity contribution is -0.116. The summed E-state index contributed by atoms with van der Waals surface area (Å²) < 4.78 is 0. The highest BCUT2D eigenvalue weighted by atomic mass is 32.1. The summed E-state index contributed by atoms with van der Waals surface area (Å²) >= 11 is 1.55. The van der Waals surface area contributed by atoms with Crippen LogP contribution in [0.2, 0.25) is 0 Å². The summed E-state index contributed by atoms with van der Waals surface area (Å²) in [5, 5.41) is 15.1. The van der Waals surface area contributed by atoms with Crippen LogP contribution in [0.5, 0.6) is 0 Å². The van der Waals surface area contributed by atoms with Gasteiger partial charge in [-0.2, -0.15) is 0 Å². The lowest BCUT2D eigenvalue weighted by atomic mass is 9.86. The monoisotopic (exact) mass is 505 g/mol. The number of carboxylic acid groups (broad SMARTS) is 1. The summed E-state index contributed by atoms with van der Waals surface area (Å²) in [5.74, 6) is -0.0474. The van der Waals surface area contributed by atoms with Crippen molar-refractivity contribution in [1.29, 1.82) is 0 Å². The average Bonchev–Trinajstić information content (AvgIpc) is 3.35. The Morgan fingerprint density at radius 3 is 2.39 bits per heavy atom. The number of hydrogen-bond acceptors (Lipinski definition) is 5. The van der Waals surface area contributed by atoms with Crippen molar-refractivity contribution in [2.75, 3.05) is 10.2 Å². The van der Waals surface area contributed by atoms with Crippen LogP contribution in [0.25, 0.3) is 11.3 Å². The van der Waals surface area contributed by atoms with E-state index < -0.39 is 5.97 Å². The third-order valence-corrected chi connectivity index (χ3v) is 7.65. The minimum absolute atomic E-state index is 0.0796. The highest BCUT2D eigenvalue weighted by Gasteiger charge is 2.18. The molecule has 0 spiro atoms. The lowest BCUT2D eigenvalue weighted by Gasteiger charge is -2.26. The van der Waals surface area contributed by atoms with E-state index in [0.717, 1.165) is 46.5 Å². The maximum absolute atomic E-state index is 12.4. The van der Waals surface area contributed by atoms with Crippen LogP contribution in [0.1, 0.15) is 75.6 Å². The fourth-order valence-electron chi connectivity index (χ4n) is 4.88. The maximum atomic E-state index is 12.4. The van der Waals surface area contributed by atoms with Crippen molar-refractivity contribution >= 4 is 39.7 Å². The zero-order chi connectivity index (χ0) is 25.5. The predicted octanol–water partition coefficient (Wildman–Crippen LogP) is 7.74. The molecule has 190 valence electrons. The Balaban J connectivity index is 1.36. The Morgan fingerprint density at radius 2 is 1.75 bits per heavy atom. The molecule has 1 saturated carbocycles. The molecule has 4 rings (SSSR count). The van der Waals surface area contributed by atoms with E-state index in [1.54, 1.807) is 23.5 Å². The zero-order valence-electron chi connectivity index (χ0n) is 21.1. The van der Waals surface area contributed by atoms with E-state index in [1.807, 2.05) is 41.8 Å². The molecule has 36 heavy (non-hydrogen) atoms. The van der Waals surface area contributed by atoms with Gasteiger partial charge in [0.05, 0.1) is 11.3 Å². The molecule has 0 atom stereocenters. The van der Waals surface area contributed by atoms with E-state index >= 15 is 0 Å². The third-order valence-electron chi connectivity index (χ3n) is 6.81. The number of carboxylic acids is 1. The SMILES string of the molecule is CC(C)N(c1ccc(C(=O)O)cc1)c1nc(-c2ccc(NC(=O)CCCC3CCCCC3)cc2)cs1. The van der Waals surface area contributed by atoms with Crippen molar-refractivity contribution in [2.45, 2.75) is 71.3 Å². The minimum Gasteiger partial charge on any atom is -0.478 e. The fourth-order valence-corrected chi connectivity index (χ4v) is 5.86. The number of carbonyl (C=O) groups excluding carboxylic acids is 1. The number of hydrogen-bond donors (Lipinski definition) is 2. The Hall–Kier alpha value is -3.19. The van der Waals surface area contributed by atoms with Crippen molar-refractivity contribution in [2.24, 2.45) is 5.92 Å². The largest absolute Gasteiger partial charge is 0.478 e. The number of nitrogens with zero attached hydrogens (tertiary/aromatic N) is 2. The number of rotatable bonds is 10. The molecular weight excluding hydrogens is 470 g/mol. The number of thiazole rings is 1. The summed E-state index contributed by atoms with van der Waals surface area (Å²) in [7, 11) is 0. The molecule has 0 radical (unpaired) electrons. The Labute approximate surface area is 217 Å². The molecule has 3 aromatic rings. The molecule has 6 nitrogen and oxygen atoms in total. The fraction of sp³-hybridized carbons (Fsp3) is 0.414. The standard InChI is InChI=1S/C29H35N3O3S/c1-20(2)32(25-17-13-23(14-18-25)28(34)35)29-31-26(19-36-29)22-11-15-24(16-12-22)30-27(33)10-6-9-21-7-4-3-5-8-21/h11-21H,3-10H2,1-2H3,(H,30,33)(H,34,35). The second-order valence-electron chi connectivity index (χ2n) is 9.85. The molecule has 0 unspecified atom stereocenters. The van der Waals surface area contributed by atoms with Crippen molar-refractivity contribution < 1.29 is 14.7 Å². The van der Waals surface area contributed by atoms with Gasteiger partial charge >= 0.3 is 5.97 Å². The van der Waals surface area contributed by atoms with Crippen molar-refractivity contribution in [3.05, 3.63) is 59.5 Å². The molecule has 2 aromatic carbocycles. The number of anilines is 3. The van der Waals surface area contributed by atoms with E-state index in [0.29, 0.717) is 6.42 Å². The minimum atomic E-state index is -0.937. The van der Waals surface area contributed by atoms with Crippen LogP contribution in [-0.4, -0.2) is 28.0 Å². The van der Waals surface area contributed by atoms with E-state index in [2.05, 4.69) is 24.1 Å². The van der Waals surface area contributed by atoms with E-state index in [-0.39, 0.29) is 17.5 Å². The molecule has 7 heteroatoms. The molecule has 1 aliphatic carbocycles. The van der Waals surface area contributed by atoms with E-state index in [4.69, 9.17) is 4.98 Å². The first kappa shape index (κ1) is 25.9. The van der Waals surface area contributed by atoms with Gasteiger partial charge < -0.3 is 15.3 Å². The summed E-state index contributed by atoms with van der Waals surface area (Å²) in [6, 6.07) is 14.8. The molecule has 0 saturated heterocycles. The van der Waals surface area contributed by atoms with Crippen molar-refractivity contribution in [3.8, 4) is 11.3 Å². The molecular formula is C29H35N3O3S. The average molecular weight is 506 g/mol. The quantitative estimate of drug-likeness (QED) is 0.294. The lowest BCUT2D eigenvalue weighted by Crippen LogP contribution is -2.25. The number of aromatic nitrogens is 1. The molecule has 1 fully saturated rings. The molecule has 1 heterocycles. The van der Waals surface area contributed by atoms with Crippen LogP contribution in [-0.2, 0) is 4.79 Å². The summed E-state index contributed by atoms with van der Waals surface area (Å²) in [6.45, 7) is 4.16. The van der Waals surface area contributed by atoms with Crippen LogP contribution < -0.4 is 10.2 Å². The van der Waals surface area contributed by atoms with Crippen molar-refractivity contribution in [3.63, 3.8) is 0 Å². The third kappa shape index (κ3) is 6.72. The zero-order valence-corrected chi connectivity index (χ0v) is 21.9. The molecule has 0 bridgehead atoms. The second kappa shape index (κ2) is 12.2. The summed E-state index contributed by atoms with van der Waals surface area (Å²) in [5.41, 5.74) is 3.82. The number of nitrogens with one attached hydrogen (secondary N) is 1. The van der Waals surface area contributed by atoms with Gasteiger partial charge in [0.25, 0.3) is 0 Å². The van der Waals surface area contributed by atoms with Crippen LogP contribution >= 0.6 is 11.3 Å². The number of amides is 1. The van der Waals surface area contributed by atoms with Crippen LogP contribution in [0, 0.1) is 5.92 Å². The second-order valence-corrected chi connectivity index (χ2v) is 10.7. The van der Waals surface area contributed by atoms with Gasteiger partial charge in [0.2, 0.25) is 5.91 Å². The van der Waals surface area contributed by atoms with E-state index in [1.165, 1.54) is 32.1 Å². The van der Waals surface area contributed by atoms with Gasteiger partial charge in [-0.1, -0.05) is 44.2 Å². The number of carbonyl (C=O) groups is 2. The topological polar surface area (TPSA) is 82.5 Å². The molecule has 1 amide bonds. The highest BCUT2D eigenvalue weighted by molar-refractivity contribution is 7.14. The normalized spacial score (nSPS) is 14.1. The Bertz CT molecular complexity index is 1150. The smallest absolute Gasteiger partial charge is 0.335 e. The highest BCUT2D eigenvalue weighted by Crippen LogP contribution is 2.34. The Morgan fingerprint density at radius 1 is 1.06 bits per heavy atom. The van der Waals surface area contributed by atoms with Gasteiger partial charge in [0, 0.05) is 34.8 Å². The van der Waals surface area contributed by atoms with Gasteiger partial charge in [-0.25, -0.2) is 9.78 Å². The summed E-state index contributed by atoms with van der Waals surface area (Å²) in [6.07, 6.45) is 9.41. The van der Waals surface area contributed by atoms with Crippen LogP contribution in [0.3, 0.4) is 0 Å². The first-order chi connectivity index (χ1) is 17.4. The molecule has 0 aliphatic heterocycles. The predicted molar refractivity (Wildman–Crippen MR) is 147 cm³/mol. The van der Waals surface area contributed by atoms with Crippen LogP contribution in [0.15, 0.2) is 53.9 Å². The number of aromatic carboxylic acids is 1. The van der Waals surface area contributed by atoms with Gasteiger partial charge in [0.15, 0.2) is 5.13 Å². The van der Waals surface area contributed by atoms with Gasteiger partial charge in [-0.3, -0.25) is 4.79 Å². The molecule has 1 aliphatic rings. The first-order valence-corrected chi connectivity index (χ1v) is 13.8. The Kier molecular flexibility index (Phi) is 8.75. The first-order valence-electron chi connectivity index (χ1n) is 12.9. The number of benzene rings is 2. The van der Waals surface area contributed by atoms with Gasteiger partial charge in [0.1, 0.15) is 0 Å². The van der Waals surface area contributed by atoms with Crippen LogP contribution in [0.4, 0.5) is 16.5 Å². The maximum Gasteiger partial charge on any atom is 0.335 e. The van der Waals surface area contributed by atoms with Crippen molar-refractivity contribution in [1.82, 2.24) is 4.98 Å². The van der Waals surface area contributed by atoms with Gasteiger partial charge in [-0.15, -0.1) is 11.3 Å². The molecule has 2 N–H and O–H groups in total. The van der Waals surface area contributed by atoms with E-state index in [9.17, 15) is 14.7 Å².